The number of sulfonamides is 1. The van der Waals surface area contributed by atoms with Gasteiger partial charge < -0.3 is 10.1 Å². The molecule has 0 radical (unpaired) electrons. The van der Waals surface area contributed by atoms with Gasteiger partial charge in [0.1, 0.15) is 0 Å². The summed E-state index contributed by atoms with van der Waals surface area (Å²) >= 11 is 1.39. The number of amides is 1. The number of hydrogen-bond donors (Lipinski definition) is 1. The molecule has 2 heterocycles. The highest BCUT2D eigenvalue weighted by Gasteiger charge is 2.33. The molecule has 0 unspecified atom stereocenters. The third-order valence-corrected chi connectivity index (χ3v) is 8.14. The van der Waals surface area contributed by atoms with E-state index in [2.05, 4.69) is 10.3 Å². The summed E-state index contributed by atoms with van der Waals surface area (Å²) in [6.45, 7) is 3.67. The SMILES string of the molecule is CO[C@H]1CCN(S(=O)(=O)c2ccccc2)c2ccc(-c3sc(NC(C)=O)nc3C)cc21. The standard InChI is InChI=1S/C22H23N3O4S2/c1-14-21(30-22(23-14)24-15(2)26)16-9-10-19-18(13-16)20(29-3)11-12-25(19)31(27,28)17-7-5-4-6-8-17/h4-10,13,20H,11-12H2,1-3H3,(H,23,24,26)/t20-/m0/s1. The van der Waals surface area contributed by atoms with Crippen molar-refractivity contribution in [1.82, 2.24) is 4.98 Å². The van der Waals surface area contributed by atoms with Crippen LogP contribution in [0.3, 0.4) is 0 Å². The molecule has 2 aromatic carbocycles. The molecular formula is C22H23N3O4S2. The molecule has 4 rings (SSSR count). The Bertz CT molecular complexity index is 1220. The highest BCUT2D eigenvalue weighted by atomic mass is 32.2. The number of thiazole rings is 1. The first-order valence-corrected chi connectivity index (χ1v) is 12.1. The number of carbonyl (C=O) groups is 1. The number of ether oxygens (including phenoxy) is 1. The number of nitrogens with zero attached hydrogens (tertiary/aromatic N) is 2. The Hall–Kier alpha value is -2.75. The number of benzene rings is 2. The quantitative estimate of drug-likeness (QED) is 0.615. The summed E-state index contributed by atoms with van der Waals surface area (Å²) < 4.78 is 33.7. The molecule has 1 aliphatic rings. The molecule has 1 aliphatic heterocycles. The van der Waals surface area contributed by atoms with Crippen molar-refractivity contribution in [2.24, 2.45) is 0 Å². The zero-order chi connectivity index (χ0) is 22.2. The molecule has 9 heteroatoms. The molecule has 31 heavy (non-hydrogen) atoms. The van der Waals surface area contributed by atoms with Crippen LogP contribution in [-0.2, 0) is 19.6 Å². The monoisotopic (exact) mass is 457 g/mol. The Kier molecular flexibility index (Phi) is 5.83. The van der Waals surface area contributed by atoms with Gasteiger partial charge in [0.25, 0.3) is 10.0 Å². The van der Waals surface area contributed by atoms with Crippen molar-refractivity contribution in [2.45, 2.75) is 31.3 Å². The van der Waals surface area contributed by atoms with Gasteiger partial charge in [-0.2, -0.15) is 0 Å². The predicted molar refractivity (Wildman–Crippen MR) is 122 cm³/mol. The van der Waals surface area contributed by atoms with Gasteiger partial charge >= 0.3 is 0 Å². The first kappa shape index (κ1) is 21.5. The van der Waals surface area contributed by atoms with Crippen molar-refractivity contribution in [3.63, 3.8) is 0 Å². The summed E-state index contributed by atoms with van der Waals surface area (Å²) in [4.78, 5) is 17.0. The summed E-state index contributed by atoms with van der Waals surface area (Å²) in [5.74, 6) is -0.174. The number of rotatable bonds is 5. The fourth-order valence-corrected chi connectivity index (χ4v) is 6.31. The van der Waals surface area contributed by atoms with E-state index in [-0.39, 0.29) is 16.9 Å². The van der Waals surface area contributed by atoms with Crippen LogP contribution in [0.5, 0.6) is 0 Å². The van der Waals surface area contributed by atoms with E-state index in [1.807, 2.05) is 25.1 Å². The molecule has 0 bridgehead atoms. The van der Waals surface area contributed by atoms with E-state index >= 15 is 0 Å². The summed E-state index contributed by atoms with van der Waals surface area (Å²) in [6.07, 6.45) is 0.345. The number of methoxy groups -OCH3 is 1. The molecule has 1 amide bonds. The molecule has 3 aromatic rings. The number of carbonyl (C=O) groups excluding carboxylic acids is 1. The van der Waals surface area contributed by atoms with E-state index in [0.29, 0.717) is 23.8 Å². The van der Waals surface area contributed by atoms with Gasteiger partial charge in [-0.3, -0.25) is 9.10 Å². The fraction of sp³-hybridized carbons (Fsp3) is 0.273. The lowest BCUT2D eigenvalue weighted by molar-refractivity contribution is -0.114. The molecule has 1 aromatic heterocycles. The minimum atomic E-state index is -3.68. The molecule has 162 valence electrons. The van der Waals surface area contributed by atoms with Crippen LogP contribution in [0.1, 0.15) is 30.7 Å². The second-order valence-electron chi connectivity index (χ2n) is 7.29. The van der Waals surface area contributed by atoms with Gasteiger partial charge in [0.05, 0.1) is 27.3 Å². The van der Waals surface area contributed by atoms with Crippen molar-refractivity contribution in [1.29, 1.82) is 0 Å². The summed E-state index contributed by atoms with van der Waals surface area (Å²) in [6, 6.07) is 14.1. The Labute approximate surface area is 185 Å². The Morgan fingerprint density at radius 1 is 1.23 bits per heavy atom. The third-order valence-electron chi connectivity index (χ3n) is 5.19. The lowest BCUT2D eigenvalue weighted by atomic mass is 9.97. The van der Waals surface area contributed by atoms with Gasteiger partial charge in [-0.1, -0.05) is 35.6 Å². The average Bonchev–Trinajstić information content (AvgIpc) is 3.12. The third kappa shape index (κ3) is 4.08. The molecule has 1 atom stereocenters. The first-order valence-electron chi connectivity index (χ1n) is 9.81. The van der Waals surface area contributed by atoms with Crippen LogP contribution in [0.4, 0.5) is 10.8 Å². The van der Waals surface area contributed by atoms with Gasteiger partial charge in [-0.25, -0.2) is 13.4 Å². The molecular weight excluding hydrogens is 434 g/mol. The van der Waals surface area contributed by atoms with Gasteiger partial charge in [-0.15, -0.1) is 0 Å². The Morgan fingerprint density at radius 2 is 1.97 bits per heavy atom. The van der Waals surface area contributed by atoms with E-state index in [4.69, 9.17) is 4.74 Å². The van der Waals surface area contributed by atoms with E-state index < -0.39 is 10.0 Å². The van der Waals surface area contributed by atoms with Crippen LogP contribution in [0, 0.1) is 6.92 Å². The molecule has 0 saturated carbocycles. The van der Waals surface area contributed by atoms with E-state index in [0.717, 1.165) is 21.7 Å². The second kappa shape index (κ2) is 8.41. The van der Waals surface area contributed by atoms with Crippen molar-refractivity contribution < 1.29 is 17.9 Å². The first-order chi connectivity index (χ1) is 14.8. The molecule has 7 nitrogen and oxygen atoms in total. The van der Waals surface area contributed by atoms with Crippen LogP contribution in [0.2, 0.25) is 0 Å². The van der Waals surface area contributed by atoms with Gasteiger partial charge in [-0.05, 0) is 43.2 Å². The van der Waals surface area contributed by atoms with Crippen molar-refractivity contribution >= 4 is 38.1 Å². The normalized spacial score (nSPS) is 16.1. The lowest BCUT2D eigenvalue weighted by Gasteiger charge is -2.34. The number of aromatic nitrogens is 1. The van der Waals surface area contributed by atoms with E-state index in [1.165, 1.54) is 22.6 Å². The Balaban J connectivity index is 1.78. The van der Waals surface area contributed by atoms with Crippen molar-refractivity contribution in [3.8, 4) is 10.4 Å². The van der Waals surface area contributed by atoms with E-state index in [1.54, 1.807) is 37.4 Å². The van der Waals surface area contributed by atoms with Gasteiger partial charge in [0.2, 0.25) is 5.91 Å². The van der Waals surface area contributed by atoms with Crippen LogP contribution in [0.25, 0.3) is 10.4 Å². The maximum absolute atomic E-state index is 13.3. The fourth-order valence-electron chi connectivity index (χ4n) is 3.77. The zero-order valence-electron chi connectivity index (χ0n) is 17.5. The number of anilines is 2. The van der Waals surface area contributed by atoms with Gasteiger partial charge in [0.15, 0.2) is 5.13 Å². The zero-order valence-corrected chi connectivity index (χ0v) is 19.1. The second-order valence-corrected chi connectivity index (χ2v) is 10.2. The lowest BCUT2D eigenvalue weighted by Crippen LogP contribution is -2.37. The van der Waals surface area contributed by atoms with Crippen LogP contribution < -0.4 is 9.62 Å². The maximum Gasteiger partial charge on any atom is 0.264 e. The number of hydrogen-bond acceptors (Lipinski definition) is 6. The maximum atomic E-state index is 13.3. The van der Waals surface area contributed by atoms with Gasteiger partial charge in [0, 0.05) is 26.1 Å². The van der Waals surface area contributed by atoms with Crippen LogP contribution in [0.15, 0.2) is 53.4 Å². The molecule has 0 saturated heterocycles. The van der Waals surface area contributed by atoms with Crippen molar-refractivity contribution in [3.05, 3.63) is 59.8 Å². The Morgan fingerprint density at radius 3 is 2.65 bits per heavy atom. The summed E-state index contributed by atoms with van der Waals surface area (Å²) in [5.41, 5.74) is 3.15. The minimum absolute atomic E-state index is 0.174. The number of fused-ring (bicyclic) bond motifs is 1. The average molecular weight is 458 g/mol. The highest BCUT2D eigenvalue weighted by Crippen LogP contribution is 2.42. The predicted octanol–water partition coefficient (Wildman–Crippen LogP) is 4.36. The van der Waals surface area contributed by atoms with Crippen LogP contribution in [-0.4, -0.2) is 33.0 Å². The molecule has 1 N–H and O–H groups in total. The number of nitrogens with one attached hydrogen (secondary N) is 1. The minimum Gasteiger partial charge on any atom is -0.377 e. The van der Waals surface area contributed by atoms with Crippen LogP contribution >= 0.6 is 11.3 Å². The smallest absolute Gasteiger partial charge is 0.264 e. The molecule has 0 fully saturated rings. The highest BCUT2D eigenvalue weighted by molar-refractivity contribution is 7.92. The topological polar surface area (TPSA) is 88.6 Å². The largest absolute Gasteiger partial charge is 0.377 e. The number of aryl methyl sites for hydroxylation is 1. The van der Waals surface area contributed by atoms with E-state index in [9.17, 15) is 13.2 Å². The summed E-state index contributed by atoms with van der Waals surface area (Å²) in [7, 11) is -2.05. The molecule has 0 aliphatic carbocycles. The molecule has 0 spiro atoms. The summed E-state index contributed by atoms with van der Waals surface area (Å²) in [5, 5.41) is 3.26. The van der Waals surface area contributed by atoms with Crippen molar-refractivity contribution in [2.75, 3.05) is 23.3 Å².